The van der Waals surface area contributed by atoms with E-state index in [4.69, 9.17) is 9.47 Å². The highest BCUT2D eigenvalue weighted by atomic mass is 32.1. The van der Waals surface area contributed by atoms with E-state index in [1.165, 1.54) is 48.7 Å². The molecule has 0 spiro atoms. The van der Waals surface area contributed by atoms with Gasteiger partial charge in [-0.25, -0.2) is 0 Å². The summed E-state index contributed by atoms with van der Waals surface area (Å²) in [5.41, 5.74) is 0. The van der Waals surface area contributed by atoms with Gasteiger partial charge in [-0.1, -0.05) is 12.8 Å². The lowest BCUT2D eigenvalue weighted by atomic mass is 10.2. The smallest absolute Gasteiger partial charge is 0.313 e. The van der Waals surface area contributed by atoms with Crippen molar-refractivity contribution in [2.75, 3.05) is 31.3 Å². The first-order valence-electron chi connectivity index (χ1n) is 8.81. The summed E-state index contributed by atoms with van der Waals surface area (Å²) in [7, 11) is 0. The molecular formula is C18H26N2O3S. The molecule has 0 saturated carbocycles. The molecule has 1 aromatic heterocycles. The van der Waals surface area contributed by atoms with Crippen molar-refractivity contribution in [3.63, 3.8) is 0 Å². The first-order chi connectivity index (χ1) is 11.7. The van der Waals surface area contributed by atoms with Crippen LogP contribution in [-0.4, -0.2) is 37.3 Å². The van der Waals surface area contributed by atoms with Crippen molar-refractivity contribution in [1.29, 1.82) is 0 Å². The lowest BCUT2D eigenvalue weighted by Crippen LogP contribution is -2.23. The number of nitrogens with zero attached hydrogens (tertiary/aromatic N) is 2. The van der Waals surface area contributed by atoms with Gasteiger partial charge in [-0.15, -0.1) is 11.3 Å². The molecule has 2 aliphatic rings. The Hall–Kier alpha value is -1.53. The number of anilines is 1. The van der Waals surface area contributed by atoms with Crippen LogP contribution in [0.1, 0.15) is 43.9 Å². The van der Waals surface area contributed by atoms with Crippen LogP contribution in [0, 0.1) is 0 Å². The topological polar surface area (TPSA) is 42.0 Å². The van der Waals surface area contributed by atoms with Crippen LogP contribution in [0.2, 0.25) is 0 Å². The normalized spacial score (nSPS) is 18.9. The Morgan fingerprint density at radius 2 is 2.04 bits per heavy atom. The van der Waals surface area contributed by atoms with Crippen LogP contribution >= 0.6 is 11.3 Å². The van der Waals surface area contributed by atoms with Gasteiger partial charge in [-0.2, -0.15) is 0 Å². The molecule has 0 aliphatic carbocycles. The molecule has 0 aromatic carbocycles. The maximum Gasteiger partial charge on any atom is 0.313 e. The molecule has 1 fully saturated rings. The van der Waals surface area contributed by atoms with Crippen LogP contribution in [0.5, 0.6) is 0 Å². The van der Waals surface area contributed by atoms with Crippen LogP contribution in [0.15, 0.2) is 24.1 Å². The third-order valence-electron chi connectivity index (χ3n) is 4.32. The van der Waals surface area contributed by atoms with E-state index in [0.29, 0.717) is 19.1 Å². The monoisotopic (exact) mass is 350 g/mol. The van der Waals surface area contributed by atoms with E-state index in [1.54, 1.807) is 11.3 Å². The largest absolute Gasteiger partial charge is 0.475 e. The van der Waals surface area contributed by atoms with E-state index in [2.05, 4.69) is 21.9 Å². The Kier molecular flexibility index (Phi) is 6.15. The van der Waals surface area contributed by atoms with Gasteiger partial charge in [0, 0.05) is 17.6 Å². The van der Waals surface area contributed by atoms with Gasteiger partial charge in [0.15, 0.2) is 6.73 Å². The van der Waals surface area contributed by atoms with E-state index >= 15 is 0 Å². The van der Waals surface area contributed by atoms with Gasteiger partial charge >= 0.3 is 5.97 Å². The molecule has 0 amide bonds. The summed E-state index contributed by atoms with van der Waals surface area (Å²) >= 11 is 1.81. The molecule has 0 N–H and O–H groups in total. The number of rotatable bonds is 6. The van der Waals surface area contributed by atoms with E-state index in [0.717, 1.165) is 6.54 Å². The summed E-state index contributed by atoms with van der Waals surface area (Å²) in [6, 6.07) is 4.35. The fraction of sp³-hybridized carbons (Fsp3) is 0.611. The standard InChI is InChI=1S/C18H26N2O3S/c1-2-22-18(21)11-15-12-20(14-23-15)17-8-7-16(24-17)13-19-9-5-3-4-6-10-19/h7-8,12H,2-6,9-11,13-14H2,1H3. The molecule has 0 atom stereocenters. The van der Waals surface area contributed by atoms with Gasteiger partial charge in [-0.3, -0.25) is 9.69 Å². The summed E-state index contributed by atoms with van der Waals surface area (Å²) in [6.45, 7) is 6.15. The second-order valence-electron chi connectivity index (χ2n) is 6.25. The van der Waals surface area contributed by atoms with Gasteiger partial charge in [0.05, 0.1) is 11.6 Å². The molecule has 132 valence electrons. The number of hydrogen-bond donors (Lipinski definition) is 0. The lowest BCUT2D eigenvalue weighted by Gasteiger charge is -2.18. The molecule has 0 bridgehead atoms. The number of carbonyl (C=O) groups is 1. The van der Waals surface area contributed by atoms with E-state index < -0.39 is 0 Å². The summed E-state index contributed by atoms with van der Waals surface area (Å²) in [5, 5.41) is 1.17. The number of esters is 1. The molecule has 1 saturated heterocycles. The minimum atomic E-state index is -0.237. The zero-order valence-corrected chi connectivity index (χ0v) is 15.1. The van der Waals surface area contributed by atoms with Crippen molar-refractivity contribution < 1.29 is 14.3 Å². The highest BCUT2D eigenvalue weighted by molar-refractivity contribution is 7.16. The van der Waals surface area contributed by atoms with Crippen LogP contribution in [-0.2, 0) is 20.8 Å². The minimum absolute atomic E-state index is 0.205. The third kappa shape index (κ3) is 4.74. The Balaban J connectivity index is 1.55. The molecule has 0 unspecified atom stereocenters. The molecule has 1 aromatic rings. The van der Waals surface area contributed by atoms with Gasteiger partial charge in [-0.05, 0) is 45.0 Å². The summed E-state index contributed by atoms with van der Waals surface area (Å²) in [6.07, 6.45) is 7.49. The SMILES string of the molecule is CCOC(=O)CC1=CN(c2ccc(CN3CCCCCC3)s2)CO1. The number of ether oxygens (including phenoxy) is 2. The average Bonchev–Trinajstić information content (AvgIpc) is 3.12. The summed E-state index contributed by atoms with van der Waals surface area (Å²) in [5.74, 6) is 0.439. The molecule has 3 rings (SSSR count). The number of carbonyl (C=O) groups excluding carboxylic acids is 1. The van der Waals surface area contributed by atoms with Gasteiger partial charge in [0.2, 0.25) is 0 Å². The Morgan fingerprint density at radius 1 is 1.25 bits per heavy atom. The van der Waals surface area contributed by atoms with Crippen molar-refractivity contribution in [2.45, 2.75) is 45.6 Å². The molecule has 24 heavy (non-hydrogen) atoms. The molecule has 5 nitrogen and oxygen atoms in total. The van der Waals surface area contributed by atoms with Crippen molar-refractivity contribution >= 4 is 22.3 Å². The lowest BCUT2D eigenvalue weighted by molar-refractivity contribution is -0.142. The third-order valence-corrected chi connectivity index (χ3v) is 5.43. The zero-order chi connectivity index (χ0) is 16.8. The molecule has 6 heteroatoms. The predicted molar refractivity (Wildman–Crippen MR) is 95.8 cm³/mol. The van der Waals surface area contributed by atoms with Crippen molar-refractivity contribution in [1.82, 2.24) is 4.90 Å². The van der Waals surface area contributed by atoms with Crippen LogP contribution < -0.4 is 4.90 Å². The maximum atomic E-state index is 11.5. The highest BCUT2D eigenvalue weighted by Crippen LogP contribution is 2.31. The van der Waals surface area contributed by atoms with Gasteiger partial charge in [0.1, 0.15) is 12.2 Å². The Bertz CT molecular complexity index is 577. The summed E-state index contributed by atoms with van der Waals surface area (Å²) in [4.78, 5) is 17.5. The van der Waals surface area contributed by atoms with Crippen LogP contribution in [0.3, 0.4) is 0 Å². The highest BCUT2D eigenvalue weighted by Gasteiger charge is 2.20. The first kappa shape index (κ1) is 17.3. The Labute approximate surface area is 147 Å². The Morgan fingerprint density at radius 3 is 2.79 bits per heavy atom. The van der Waals surface area contributed by atoms with Crippen molar-refractivity contribution in [3.8, 4) is 0 Å². The van der Waals surface area contributed by atoms with E-state index in [9.17, 15) is 4.79 Å². The molecule has 0 radical (unpaired) electrons. The minimum Gasteiger partial charge on any atom is -0.475 e. The molecule has 3 heterocycles. The number of likely N-dealkylation sites (tertiary alicyclic amines) is 1. The van der Waals surface area contributed by atoms with E-state index in [-0.39, 0.29) is 12.4 Å². The number of hydrogen-bond acceptors (Lipinski definition) is 6. The fourth-order valence-corrected chi connectivity index (χ4v) is 4.11. The molecular weight excluding hydrogens is 324 g/mol. The maximum absolute atomic E-state index is 11.5. The fourth-order valence-electron chi connectivity index (χ4n) is 3.10. The second-order valence-corrected chi connectivity index (χ2v) is 7.40. The van der Waals surface area contributed by atoms with Gasteiger partial charge in [0.25, 0.3) is 0 Å². The number of thiophene rings is 1. The molecule has 2 aliphatic heterocycles. The van der Waals surface area contributed by atoms with Crippen molar-refractivity contribution in [3.05, 3.63) is 29.0 Å². The van der Waals surface area contributed by atoms with Crippen molar-refractivity contribution in [2.24, 2.45) is 0 Å². The predicted octanol–water partition coefficient (Wildman–Crippen LogP) is 3.71. The summed E-state index contributed by atoms with van der Waals surface area (Å²) < 4.78 is 10.6. The van der Waals surface area contributed by atoms with Crippen LogP contribution in [0.25, 0.3) is 0 Å². The van der Waals surface area contributed by atoms with E-state index in [1.807, 2.05) is 13.1 Å². The quantitative estimate of drug-likeness (QED) is 0.732. The van der Waals surface area contributed by atoms with Gasteiger partial charge < -0.3 is 14.4 Å². The second kappa shape index (κ2) is 8.53. The van der Waals surface area contributed by atoms with Crippen LogP contribution in [0.4, 0.5) is 5.00 Å². The average molecular weight is 350 g/mol. The zero-order valence-electron chi connectivity index (χ0n) is 14.3. The first-order valence-corrected chi connectivity index (χ1v) is 9.63.